The molecule has 1 aromatic heterocycles. The predicted molar refractivity (Wildman–Crippen MR) is 129 cm³/mol. The van der Waals surface area contributed by atoms with Crippen LogP contribution in [0, 0.1) is 18.8 Å². The first-order valence-electron chi connectivity index (χ1n) is 12.0. The Hall–Kier alpha value is -3.45. The van der Waals surface area contributed by atoms with Crippen molar-refractivity contribution >= 4 is 34.3 Å². The second-order valence-corrected chi connectivity index (χ2v) is 9.93. The molecule has 0 bridgehead atoms. The lowest BCUT2D eigenvalue weighted by Gasteiger charge is -2.31. The van der Waals surface area contributed by atoms with Crippen LogP contribution < -0.4 is 10.6 Å². The van der Waals surface area contributed by atoms with Gasteiger partial charge in [-0.25, -0.2) is 0 Å². The van der Waals surface area contributed by atoms with Gasteiger partial charge < -0.3 is 10.3 Å². The number of carbonyl (C=O) groups is 3. The minimum atomic E-state index is -1.25. The molecule has 34 heavy (non-hydrogen) atoms. The van der Waals surface area contributed by atoms with E-state index in [2.05, 4.69) is 21.7 Å². The van der Waals surface area contributed by atoms with Gasteiger partial charge in [0.05, 0.1) is 11.8 Å². The molecule has 1 spiro atoms. The topological polar surface area (TPSA) is 94.3 Å². The van der Waals surface area contributed by atoms with E-state index in [1.54, 1.807) is 0 Å². The maximum absolute atomic E-state index is 13.8. The van der Waals surface area contributed by atoms with Crippen molar-refractivity contribution in [3.63, 3.8) is 0 Å². The number of amides is 3. The number of likely N-dealkylation sites (tertiary alicyclic amines) is 1. The summed E-state index contributed by atoms with van der Waals surface area (Å²) in [6.07, 6.45) is 3.17. The van der Waals surface area contributed by atoms with Crippen molar-refractivity contribution in [2.45, 2.75) is 51.2 Å². The molecule has 2 fully saturated rings. The Labute approximate surface area is 197 Å². The third-order valence-corrected chi connectivity index (χ3v) is 8.05. The molecule has 3 amide bonds. The van der Waals surface area contributed by atoms with Gasteiger partial charge in [-0.1, -0.05) is 42.8 Å². The lowest BCUT2D eigenvalue weighted by atomic mass is 9.76. The van der Waals surface area contributed by atoms with Gasteiger partial charge in [0, 0.05) is 40.4 Å². The molecule has 0 saturated carbocycles. The number of nitrogens with zero attached hydrogens (tertiary/aromatic N) is 1. The van der Waals surface area contributed by atoms with Gasteiger partial charge in [0.25, 0.3) is 0 Å². The number of para-hydroxylation sites is 1. The molecule has 5 atom stereocenters. The van der Waals surface area contributed by atoms with Gasteiger partial charge in [-0.15, -0.1) is 0 Å². The van der Waals surface area contributed by atoms with E-state index in [1.807, 2.05) is 63.4 Å². The zero-order valence-corrected chi connectivity index (χ0v) is 19.5. The number of hydrogen-bond donors (Lipinski definition) is 3. The van der Waals surface area contributed by atoms with E-state index in [0.29, 0.717) is 18.5 Å². The molecule has 174 valence electrons. The van der Waals surface area contributed by atoms with Crippen molar-refractivity contribution in [1.29, 1.82) is 0 Å². The van der Waals surface area contributed by atoms with Crippen molar-refractivity contribution < 1.29 is 14.4 Å². The standard InChI is InChI=1S/C27H28N4O3/c1-4-15(3)31-24(32)22-21(12-16-13-28-19-8-6-5-7-17(16)19)30-27(23(22)25(31)33)18-11-14(2)9-10-20(18)29-26(27)34/h5-11,13,15,21-23,28,30H,4,12H2,1-3H3,(H,29,34)/t15-,21-,22+,23-,27-/m0/s1. The second-order valence-electron chi connectivity index (χ2n) is 9.93. The van der Waals surface area contributed by atoms with Gasteiger partial charge in [0.1, 0.15) is 5.54 Å². The van der Waals surface area contributed by atoms with E-state index >= 15 is 0 Å². The normalized spacial score (nSPS) is 28.6. The Morgan fingerprint density at radius 2 is 1.88 bits per heavy atom. The summed E-state index contributed by atoms with van der Waals surface area (Å²) in [5.41, 5.74) is 3.31. The Kier molecular flexibility index (Phi) is 4.51. The minimum absolute atomic E-state index is 0.174. The lowest BCUT2D eigenvalue weighted by molar-refractivity contribution is -0.145. The van der Waals surface area contributed by atoms with Crippen LogP contribution in [0.1, 0.15) is 37.0 Å². The van der Waals surface area contributed by atoms with Gasteiger partial charge >= 0.3 is 0 Å². The average molecular weight is 457 g/mol. The summed E-state index contributed by atoms with van der Waals surface area (Å²) in [5.74, 6) is -2.05. The first-order chi connectivity index (χ1) is 16.4. The monoisotopic (exact) mass is 456 g/mol. The number of aryl methyl sites for hydroxylation is 1. The molecule has 0 radical (unpaired) electrons. The van der Waals surface area contributed by atoms with Crippen LogP contribution in [0.2, 0.25) is 0 Å². The molecular weight excluding hydrogens is 428 g/mol. The van der Waals surface area contributed by atoms with E-state index in [1.165, 1.54) is 4.90 Å². The van der Waals surface area contributed by atoms with Crippen LogP contribution >= 0.6 is 0 Å². The van der Waals surface area contributed by atoms with E-state index in [-0.39, 0.29) is 29.8 Å². The van der Waals surface area contributed by atoms with E-state index in [9.17, 15) is 14.4 Å². The fourth-order valence-corrected chi connectivity index (χ4v) is 6.27. The highest BCUT2D eigenvalue weighted by molar-refractivity contribution is 6.15. The first-order valence-corrected chi connectivity index (χ1v) is 12.0. The molecule has 3 N–H and O–H groups in total. The van der Waals surface area contributed by atoms with Crippen LogP contribution in [-0.4, -0.2) is 39.7 Å². The van der Waals surface area contributed by atoms with Crippen LogP contribution in [0.4, 0.5) is 5.69 Å². The fourth-order valence-electron chi connectivity index (χ4n) is 6.27. The molecule has 6 rings (SSSR count). The zero-order chi connectivity index (χ0) is 23.8. The van der Waals surface area contributed by atoms with Crippen molar-refractivity contribution in [3.05, 3.63) is 65.4 Å². The number of anilines is 1. The molecule has 3 aromatic rings. The maximum Gasteiger partial charge on any atom is 0.250 e. The number of aromatic amines is 1. The van der Waals surface area contributed by atoms with E-state index in [4.69, 9.17) is 0 Å². The quantitative estimate of drug-likeness (QED) is 0.526. The van der Waals surface area contributed by atoms with Crippen molar-refractivity contribution in [3.8, 4) is 0 Å². The third kappa shape index (κ3) is 2.64. The summed E-state index contributed by atoms with van der Waals surface area (Å²) < 4.78 is 0. The van der Waals surface area contributed by atoms with Gasteiger partial charge in [-0.3, -0.25) is 24.6 Å². The fraction of sp³-hybridized carbons (Fsp3) is 0.370. The highest BCUT2D eigenvalue weighted by Crippen LogP contribution is 2.54. The number of fused-ring (bicyclic) bond motifs is 5. The van der Waals surface area contributed by atoms with Gasteiger partial charge in [0.15, 0.2) is 0 Å². The minimum Gasteiger partial charge on any atom is -0.361 e. The molecule has 0 aliphatic carbocycles. The molecular formula is C27H28N4O3. The highest BCUT2D eigenvalue weighted by atomic mass is 16.2. The molecule has 4 heterocycles. The number of rotatable bonds is 4. The molecule has 0 unspecified atom stereocenters. The molecule has 7 heteroatoms. The van der Waals surface area contributed by atoms with Gasteiger partial charge in [0.2, 0.25) is 17.7 Å². The summed E-state index contributed by atoms with van der Waals surface area (Å²) >= 11 is 0. The smallest absolute Gasteiger partial charge is 0.250 e. The number of imide groups is 1. The summed E-state index contributed by atoms with van der Waals surface area (Å²) in [6, 6.07) is 13.3. The molecule has 2 saturated heterocycles. The Morgan fingerprint density at radius 3 is 2.68 bits per heavy atom. The Balaban J connectivity index is 1.50. The van der Waals surface area contributed by atoms with Crippen LogP contribution in [0.3, 0.4) is 0 Å². The number of benzene rings is 2. The van der Waals surface area contributed by atoms with Crippen LogP contribution in [-0.2, 0) is 26.3 Å². The molecule has 7 nitrogen and oxygen atoms in total. The lowest BCUT2D eigenvalue weighted by Crippen LogP contribution is -2.54. The summed E-state index contributed by atoms with van der Waals surface area (Å²) in [5, 5.41) is 7.62. The van der Waals surface area contributed by atoms with Gasteiger partial charge in [-0.2, -0.15) is 0 Å². The second kappa shape index (κ2) is 7.27. The van der Waals surface area contributed by atoms with Crippen molar-refractivity contribution in [2.75, 3.05) is 5.32 Å². The third-order valence-electron chi connectivity index (χ3n) is 8.05. The predicted octanol–water partition coefficient (Wildman–Crippen LogP) is 3.24. The largest absolute Gasteiger partial charge is 0.361 e. The summed E-state index contributed by atoms with van der Waals surface area (Å²) in [4.78, 5) is 45.9. The van der Waals surface area contributed by atoms with E-state index in [0.717, 1.165) is 27.6 Å². The maximum atomic E-state index is 13.8. The summed E-state index contributed by atoms with van der Waals surface area (Å²) in [6.45, 7) is 5.84. The Bertz CT molecular complexity index is 1360. The van der Waals surface area contributed by atoms with Gasteiger partial charge in [-0.05, 0) is 44.4 Å². The number of hydrogen-bond acceptors (Lipinski definition) is 4. The first kappa shape index (κ1) is 21.1. The average Bonchev–Trinajstić information content (AvgIpc) is 3.53. The van der Waals surface area contributed by atoms with Crippen LogP contribution in [0.25, 0.3) is 10.9 Å². The number of carbonyl (C=O) groups excluding carboxylic acids is 3. The molecule has 2 aromatic carbocycles. The van der Waals surface area contributed by atoms with E-state index < -0.39 is 17.4 Å². The van der Waals surface area contributed by atoms with Crippen molar-refractivity contribution in [1.82, 2.24) is 15.2 Å². The number of H-pyrrole nitrogens is 1. The van der Waals surface area contributed by atoms with Crippen LogP contribution in [0.5, 0.6) is 0 Å². The van der Waals surface area contributed by atoms with Crippen LogP contribution in [0.15, 0.2) is 48.7 Å². The highest BCUT2D eigenvalue weighted by Gasteiger charge is 2.70. The summed E-state index contributed by atoms with van der Waals surface area (Å²) in [7, 11) is 0. The number of nitrogens with one attached hydrogen (secondary N) is 3. The zero-order valence-electron chi connectivity index (χ0n) is 19.5. The number of aromatic nitrogens is 1. The van der Waals surface area contributed by atoms with Crippen molar-refractivity contribution in [2.24, 2.45) is 11.8 Å². The molecule has 3 aliphatic rings. The Morgan fingerprint density at radius 1 is 1.09 bits per heavy atom. The SMILES string of the molecule is CC[C@H](C)N1C(=O)[C@@H]2[C@H](Cc3c[nH]c4ccccc34)N[C@]3(C(=O)Nc4ccc(C)cc43)[C@@H]2C1=O. The molecule has 3 aliphatic heterocycles.